The summed E-state index contributed by atoms with van der Waals surface area (Å²) in [6, 6.07) is 5.06. The molecule has 3 aromatic rings. The highest BCUT2D eigenvalue weighted by Gasteiger charge is 2.34. The highest BCUT2D eigenvalue weighted by molar-refractivity contribution is 5.78. The third-order valence-corrected chi connectivity index (χ3v) is 6.27. The van der Waals surface area contributed by atoms with E-state index in [2.05, 4.69) is 20.2 Å². The van der Waals surface area contributed by atoms with Crippen molar-refractivity contribution in [1.29, 1.82) is 5.26 Å². The molecular formula is C23H22F2N10O2. The van der Waals surface area contributed by atoms with Gasteiger partial charge in [0.05, 0.1) is 23.9 Å². The van der Waals surface area contributed by atoms with Gasteiger partial charge in [-0.1, -0.05) is 0 Å². The highest BCUT2D eigenvalue weighted by Crippen LogP contribution is 2.30. The first-order valence-corrected chi connectivity index (χ1v) is 11.6. The maximum atomic E-state index is 14.5. The lowest BCUT2D eigenvalue weighted by Gasteiger charge is -2.37. The van der Waals surface area contributed by atoms with Crippen LogP contribution in [0.2, 0.25) is 0 Å². The van der Waals surface area contributed by atoms with Gasteiger partial charge in [0, 0.05) is 45.4 Å². The molecule has 1 aromatic carbocycles. The first kappa shape index (κ1) is 24.0. The van der Waals surface area contributed by atoms with Crippen LogP contribution in [0.15, 0.2) is 40.6 Å². The summed E-state index contributed by atoms with van der Waals surface area (Å²) >= 11 is 0. The van der Waals surface area contributed by atoms with Crippen LogP contribution in [0.1, 0.15) is 30.5 Å². The molecule has 0 N–H and O–H groups in total. The Morgan fingerprint density at radius 3 is 2.68 bits per heavy atom. The summed E-state index contributed by atoms with van der Waals surface area (Å²) in [6.45, 7) is 3.43. The maximum absolute atomic E-state index is 14.5. The van der Waals surface area contributed by atoms with E-state index in [1.165, 1.54) is 22.1 Å². The Balaban J connectivity index is 1.29. The molecule has 0 radical (unpaired) electrons. The number of carbonyl (C=O) groups excluding carboxylic acids is 1. The standard InChI is InChI=1S/C23H22F2N10O2/c1-2-34-23(37)33(14-29-34)20-18(25)13-27-21(30-20)31-5-7-32(8-6-31)22(36)35-19(3-4-28-35)16-9-15(12-26)10-17(24)11-16/h4,9-11,13-14,19H,2-3,5-8H2,1H3/t19-/m0/s1. The minimum atomic E-state index is -0.759. The summed E-state index contributed by atoms with van der Waals surface area (Å²) in [7, 11) is 0. The van der Waals surface area contributed by atoms with Crippen LogP contribution in [0, 0.1) is 23.0 Å². The topological polar surface area (TPSA) is 129 Å². The predicted molar refractivity (Wildman–Crippen MR) is 127 cm³/mol. The number of amides is 2. The van der Waals surface area contributed by atoms with Gasteiger partial charge in [0.2, 0.25) is 5.95 Å². The summed E-state index contributed by atoms with van der Waals surface area (Å²) in [5.41, 5.74) is 0.156. The molecule has 2 aliphatic heterocycles. The van der Waals surface area contributed by atoms with E-state index >= 15 is 0 Å². The highest BCUT2D eigenvalue weighted by atomic mass is 19.1. The molecule has 0 spiro atoms. The van der Waals surface area contributed by atoms with Crippen molar-refractivity contribution in [1.82, 2.24) is 34.2 Å². The normalized spacial score (nSPS) is 17.4. The molecule has 0 saturated carbocycles. The summed E-state index contributed by atoms with van der Waals surface area (Å²) in [5.74, 6) is -1.29. The van der Waals surface area contributed by atoms with Crippen molar-refractivity contribution in [2.24, 2.45) is 5.10 Å². The summed E-state index contributed by atoms with van der Waals surface area (Å²) in [5, 5.41) is 18.6. The van der Waals surface area contributed by atoms with Crippen LogP contribution < -0.4 is 10.6 Å². The SMILES string of the molecule is CCn1ncn(-c2nc(N3CCN(C(=O)N4N=CC[C@H]4c4cc(F)cc(C#N)c4)CC3)ncc2F)c1=O. The summed E-state index contributed by atoms with van der Waals surface area (Å²) in [4.78, 5) is 37.4. The number of hydrazone groups is 1. The largest absolute Gasteiger partial charge is 0.351 e. The zero-order valence-electron chi connectivity index (χ0n) is 19.8. The molecule has 0 bridgehead atoms. The number of benzene rings is 1. The van der Waals surface area contributed by atoms with Crippen molar-refractivity contribution in [3.63, 3.8) is 0 Å². The van der Waals surface area contributed by atoms with E-state index in [9.17, 15) is 18.4 Å². The Hall–Kier alpha value is -4.67. The van der Waals surface area contributed by atoms with Crippen LogP contribution in [-0.4, -0.2) is 72.6 Å². The van der Waals surface area contributed by atoms with Crippen molar-refractivity contribution in [3.8, 4) is 11.9 Å². The van der Waals surface area contributed by atoms with Crippen LogP contribution in [0.25, 0.3) is 5.82 Å². The fourth-order valence-corrected chi connectivity index (χ4v) is 4.36. The van der Waals surface area contributed by atoms with E-state index in [4.69, 9.17) is 5.26 Å². The van der Waals surface area contributed by atoms with Crippen molar-refractivity contribution in [3.05, 3.63) is 64.0 Å². The maximum Gasteiger partial charge on any atom is 0.351 e. The Kier molecular flexibility index (Phi) is 6.34. The smallest absolute Gasteiger partial charge is 0.337 e. The zero-order valence-corrected chi connectivity index (χ0v) is 19.8. The number of carbonyl (C=O) groups is 1. The molecule has 2 aliphatic rings. The van der Waals surface area contributed by atoms with Crippen LogP contribution in [-0.2, 0) is 6.54 Å². The second-order valence-electron chi connectivity index (χ2n) is 8.48. The molecule has 1 atom stereocenters. The van der Waals surface area contributed by atoms with Crippen LogP contribution in [0.4, 0.5) is 19.5 Å². The molecule has 2 amide bonds. The molecule has 12 nitrogen and oxygen atoms in total. The van der Waals surface area contributed by atoms with Gasteiger partial charge < -0.3 is 9.80 Å². The van der Waals surface area contributed by atoms with Crippen LogP contribution in [0.5, 0.6) is 0 Å². The second-order valence-corrected chi connectivity index (χ2v) is 8.48. The molecule has 2 aromatic heterocycles. The molecule has 0 unspecified atom stereocenters. The number of piperazine rings is 1. The molecule has 0 aliphatic carbocycles. The van der Waals surface area contributed by atoms with E-state index in [1.54, 1.807) is 29.0 Å². The van der Waals surface area contributed by atoms with E-state index < -0.39 is 23.4 Å². The van der Waals surface area contributed by atoms with Gasteiger partial charge in [-0.05, 0) is 30.7 Å². The number of urea groups is 1. The summed E-state index contributed by atoms with van der Waals surface area (Å²) < 4.78 is 30.7. The van der Waals surface area contributed by atoms with Gasteiger partial charge in [0.25, 0.3) is 0 Å². The van der Waals surface area contributed by atoms with Crippen molar-refractivity contribution >= 4 is 18.2 Å². The second kappa shape index (κ2) is 9.76. The Morgan fingerprint density at radius 2 is 1.97 bits per heavy atom. The number of aryl methyl sites for hydroxylation is 1. The Labute approximate surface area is 209 Å². The lowest BCUT2D eigenvalue weighted by atomic mass is 10.0. The van der Waals surface area contributed by atoms with E-state index in [0.717, 1.165) is 16.8 Å². The van der Waals surface area contributed by atoms with Crippen LogP contribution >= 0.6 is 0 Å². The van der Waals surface area contributed by atoms with E-state index in [-0.39, 0.29) is 23.4 Å². The fourth-order valence-electron chi connectivity index (χ4n) is 4.36. The van der Waals surface area contributed by atoms with Crippen LogP contribution in [0.3, 0.4) is 0 Å². The monoisotopic (exact) mass is 508 g/mol. The van der Waals surface area contributed by atoms with Gasteiger partial charge in [-0.3, -0.25) is 0 Å². The zero-order chi connectivity index (χ0) is 26.1. The minimum Gasteiger partial charge on any atom is -0.337 e. The number of hydrogen-bond donors (Lipinski definition) is 0. The minimum absolute atomic E-state index is 0.172. The van der Waals surface area contributed by atoms with Gasteiger partial charge in [-0.15, -0.1) is 0 Å². The molecule has 4 heterocycles. The molecule has 1 saturated heterocycles. The van der Waals surface area contributed by atoms with Gasteiger partial charge in [0.15, 0.2) is 11.6 Å². The lowest BCUT2D eigenvalue weighted by Crippen LogP contribution is -2.52. The number of aromatic nitrogens is 5. The third-order valence-electron chi connectivity index (χ3n) is 6.27. The number of rotatable bonds is 4. The fraction of sp³-hybridized carbons (Fsp3) is 0.348. The van der Waals surface area contributed by atoms with E-state index in [1.807, 2.05) is 6.07 Å². The predicted octanol–water partition coefficient (Wildman–Crippen LogP) is 1.67. The van der Waals surface area contributed by atoms with Gasteiger partial charge >= 0.3 is 11.7 Å². The summed E-state index contributed by atoms with van der Waals surface area (Å²) in [6.07, 6.45) is 4.21. The molecular weight excluding hydrogens is 486 g/mol. The van der Waals surface area contributed by atoms with Gasteiger partial charge in [-0.2, -0.15) is 20.4 Å². The molecule has 37 heavy (non-hydrogen) atoms. The molecule has 5 rings (SSSR count). The van der Waals surface area contributed by atoms with Crippen molar-refractivity contribution in [2.75, 3.05) is 31.1 Å². The first-order chi connectivity index (χ1) is 17.9. The molecule has 1 fully saturated rings. The van der Waals surface area contributed by atoms with Gasteiger partial charge in [-0.25, -0.2) is 37.6 Å². The number of nitriles is 1. The van der Waals surface area contributed by atoms with Crippen molar-refractivity contribution < 1.29 is 13.6 Å². The number of halogens is 2. The first-order valence-electron chi connectivity index (χ1n) is 11.6. The lowest BCUT2D eigenvalue weighted by molar-refractivity contribution is 0.139. The van der Waals surface area contributed by atoms with Crippen molar-refractivity contribution in [2.45, 2.75) is 25.9 Å². The average Bonchev–Trinajstić information content (AvgIpc) is 3.55. The number of nitrogens with zero attached hydrogens (tertiary/aromatic N) is 10. The number of anilines is 1. The van der Waals surface area contributed by atoms with E-state index in [0.29, 0.717) is 44.7 Å². The average molecular weight is 508 g/mol. The molecule has 190 valence electrons. The Morgan fingerprint density at radius 1 is 1.19 bits per heavy atom. The Bertz CT molecular complexity index is 1470. The molecule has 14 heteroatoms. The van der Waals surface area contributed by atoms with Gasteiger partial charge in [0.1, 0.15) is 12.1 Å². The number of hydrogen-bond acceptors (Lipinski definition) is 8. The quantitative estimate of drug-likeness (QED) is 0.524. The third kappa shape index (κ3) is 4.51.